The number of aromatic nitrogens is 2. The van der Waals surface area contributed by atoms with E-state index in [9.17, 15) is 4.39 Å². The van der Waals surface area contributed by atoms with E-state index in [1.165, 1.54) is 17.7 Å². The van der Waals surface area contributed by atoms with Crippen molar-refractivity contribution in [3.63, 3.8) is 0 Å². The molecule has 0 saturated heterocycles. The van der Waals surface area contributed by atoms with Crippen molar-refractivity contribution in [3.05, 3.63) is 77.2 Å². The first-order valence-corrected chi connectivity index (χ1v) is 8.26. The van der Waals surface area contributed by atoms with E-state index in [4.69, 9.17) is 0 Å². The third-order valence-electron chi connectivity index (χ3n) is 3.79. The number of benzene rings is 2. The minimum atomic E-state index is -0.217. The molecule has 0 aliphatic carbocycles. The van der Waals surface area contributed by atoms with Crippen LogP contribution in [0.1, 0.15) is 16.8 Å². The topological polar surface area (TPSA) is 49.8 Å². The molecule has 0 radical (unpaired) electrons. The Bertz CT molecular complexity index is 829. The average Bonchev–Trinajstić information content (AvgIpc) is 2.58. The largest absolute Gasteiger partial charge is 0.354 e. The van der Waals surface area contributed by atoms with Crippen LogP contribution in [0.25, 0.3) is 0 Å². The maximum absolute atomic E-state index is 12.9. The molecule has 2 aromatic carbocycles. The van der Waals surface area contributed by atoms with E-state index in [1.807, 2.05) is 25.1 Å². The van der Waals surface area contributed by atoms with Gasteiger partial charge >= 0.3 is 0 Å². The standard InChI is InChI=1S/C20H21FN4/c1-14-3-9-18(10-4-14)24-19-13-15(2)23-20(25-19)22-12-11-16-5-7-17(21)8-6-16/h3-10,13H,11-12H2,1-2H3,(H2,22,23,24,25). The van der Waals surface area contributed by atoms with Crippen LogP contribution in [-0.4, -0.2) is 16.5 Å². The zero-order valence-electron chi connectivity index (χ0n) is 14.4. The Morgan fingerprint density at radius 1 is 0.920 bits per heavy atom. The lowest BCUT2D eigenvalue weighted by atomic mass is 10.1. The molecule has 128 valence electrons. The monoisotopic (exact) mass is 336 g/mol. The van der Waals surface area contributed by atoms with Crippen LogP contribution >= 0.6 is 0 Å². The van der Waals surface area contributed by atoms with E-state index in [0.717, 1.165) is 29.2 Å². The van der Waals surface area contributed by atoms with Crippen LogP contribution in [0, 0.1) is 19.7 Å². The fourth-order valence-electron chi connectivity index (χ4n) is 2.47. The predicted molar refractivity (Wildman–Crippen MR) is 99.8 cm³/mol. The van der Waals surface area contributed by atoms with Gasteiger partial charge in [0.15, 0.2) is 0 Å². The van der Waals surface area contributed by atoms with Gasteiger partial charge in [0.2, 0.25) is 5.95 Å². The SMILES string of the molecule is Cc1ccc(Nc2cc(C)nc(NCCc3ccc(F)cc3)n2)cc1. The van der Waals surface area contributed by atoms with Gasteiger partial charge < -0.3 is 10.6 Å². The van der Waals surface area contributed by atoms with Gasteiger partial charge in [-0.05, 0) is 50.1 Å². The van der Waals surface area contributed by atoms with Crippen molar-refractivity contribution >= 4 is 17.5 Å². The molecule has 1 aromatic heterocycles. The Kier molecular flexibility index (Phi) is 5.23. The number of anilines is 3. The lowest BCUT2D eigenvalue weighted by Crippen LogP contribution is -2.09. The van der Waals surface area contributed by atoms with E-state index in [2.05, 4.69) is 39.7 Å². The number of rotatable bonds is 6. The molecule has 0 amide bonds. The van der Waals surface area contributed by atoms with Gasteiger partial charge in [-0.2, -0.15) is 4.98 Å². The van der Waals surface area contributed by atoms with Gasteiger partial charge in [-0.25, -0.2) is 9.37 Å². The van der Waals surface area contributed by atoms with Crippen molar-refractivity contribution in [2.24, 2.45) is 0 Å². The lowest BCUT2D eigenvalue weighted by molar-refractivity contribution is 0.627. The highest BCUT2D eigenvalue weighted by Crippen LogP contribution is 2.17. The summed E-state index contributed by atoms with van der Waals surface area (Å²) in [6.45, 7) is 4.67. The molecule has 1 heterocycles. The zero-order valence-corrected chi connectivity index (χ0v) is 14.4. The number of hydrogen-bond donors (Lipinski definition) is 2. The summed E-state index contributed by atoms with van der Waals surface area (Å²) in [6, 6.07) is 16.6. The Morgan fingerprint density at radius 3 is 2.36 bits per heavy atom. The van der Waals surface area contributed by atoms with E-state index < -0.39 is 0 Å². The smallest absolute Gasteiger partial charge is 0.224 e. The van der Waals surface area contributed by atoms with Crippen molar-refractivity contribution in [2.45, 2.75) is 20.3 Å². The van der Waals surface area contributed by atoms with Gasteiger partial charge in [-0.1, -0.05) is 29.8 Å². The Hall–Kier alpha value is -2.95. The summed E-state index contributed by atoms with van der Waals surface area (Å²) in [6.07, 6.45) is 0.776. The third-order valence-corrected chi connectivity index (χ3v) is 3.79. The minimum Gasteiger partial charge on any atom is -0.354 e. The highest BCUT2D eigenvalue weighted by atomic mass is 19.1. The number of nitrogens with zero attached hydrogens (tertiary/aromatic N) is 2. The maximum Gasteiger partial charge on any atom is 0.224 e. The molecule has 0 saturated carbocycles. The summed E-state index contributed by atoms with van der Waals surface area (Å²) in [4.78, 5) is 8.92. The summed E-state index contributed by atoms with van der Waals surface area (Å²) < 4.78 is 12.9. The van der Waals surface area contributed by atoms with Gasteiger partial charge in [0.25, 0.3) is 0 Å². The van der Waals surface area contributed by atoms with Crippen molar-refractivity contribution in [2.75, 3.05) is 17.2 Å². The predicted octanol–water partition coefficient (Wildman–Crippen LogP) is 4.63. The van der Waals surface area contributed by atoms with Crippen LogP contribution in [0.3, 0.4) is 0 Å². The molecule has 0 aliphatic heterocycles. The van der Waals surface area contributed by atoms with Crippen LogP contribution in [0.15, 0.2) is 54.6 Å². The third kappa shape index (κ3) is 5.01. The fourth-order valence-corrected chi connectivity index (χ4v) is 2.47. The summed E-state index contributed by atoms with van der Waals surface area (Å²) in [5.74, 6) is 1.11. The zero-order chi connectivity index (χ0) is 17.6. The van der Waals surface area contributed by atoms with Crippen LogP contribution in [-0.2, 0) is 6.42 Å². The number of nitrogens with one attached hydrogen (secondary N) is 2. The lowest BCUT2D eigenvalue weighted by Gasteiger charge is -2.10. The molecule has 0 bridgehead atoms. The summed E-state index contributed by atoms with van der Waals surface area (Å²) in [5, 5.41) is 6.52. The van der Waals surface area contributed by atoms with Crippen LogP contribution < -0.4 is 10.6 Å². The maximum atomic E-state index is 12.9. The Labute approximate surface area is 147 Å². The summed E-state index contributed by atoms with van der Waals surface area (Å²) in [5.41, 5.74) is 4.15. The molecule has 0 spiro atoms. The van der Waals surface area contributed by atoms with E-state index >= 15 is 0 Å². The van der Waals surface area contributed by atoms with Crippen LogP contribution in [0.4, 0.5) is 21.8 Å². The van der Waals surface area contributed by atoms with Gasteiger partial charge in [-0.3, -0.25) is 0 Å². The minimum absolute atomic E-state index is 0.217. The van der Waals surface area contributed by atoms with Crippen molar-refractivity contribution in [1.82, 2.24) is 9.97 Å². The first kappa shape index (κ1) is 16.9. The number of aryl methyl sites for hydroxylation is 2. The first-order valence-electron chi connectivity index (χ1n) is 8.26. The van der Waals surface area contributed by atoms with Gasteiger partial charge in [-0.15, -0.1) is 0 Å². The average molecular weight is 336 g/mol. The first-order chi connectivity index (χ1) is 12.1. The molecule has 5 heteroatoms. The molecular weight excluding hydrogens is 315 g/mol. The van der Waals surface area contributed by atoms with Gasteiger partial charge in [0.1, 0.15) is 11.6 Å². The summed E-state index contributed by atoms with van der Waals surface area (Å²) >= 11 is 0. The molecule has 0 fully saturated rings. The van der Waals surface area contributed by atoms with E-state index in [1.54, 1.807) is 12.1 Å². The molecule has 0 aliphatic rings. The molecule has 25 heavy (non-hydrogen) atoms. The second-order valence-corrected chi connectivity index (χ2v) is 6.01. The highest BCUT2D eigenvalue weighted by Gasteiger charge is 2.03. The van der Waals surface area contributed by atoms with Crippen molar-refractivity contribution in [1.29, 1.82) is 0 Å². The van der Waals surface area contributed by atoms with Crippen molar-refractivity contribution in [3.8, 4) is 0 Å². The van der Waals surface area contributed by atoms with E-state index in [0.29, 0.717) is 12.5 Å². The fraction of sp³-hybridized carbons (Fsp3) is 0.200. The quantitative estimate of drug-likeness (QED) is 0.689. The van der Waals surface area contributed by atoms with Gasteiger partial charge in [0, 0.05) is 24.0 Å². The van der Waals surface area contributed by atoms with Crippen LogP contribution in [0.2, 0.25) is 0 Å². The second kappa shape index (κ2) is 7.75. The Morgan fingerprint density at radius 2 is 1.64 bits per heavy atom. The molecule has 3 aromatic rings. The molecule has 0 unspecified atom stereocenters. The number of halogens is 1. The Balaban J connectivity index is 1.62. The summed E-state index contributed by atoms with van der Waals surface area (Å²) in [7, 11) is 0. The van der Waals surface area contributed by atoms with Gasteiger partial charge in [0.05, 0.1) is 0 Å². The molecular formula is C20H21FN4. The van der Waals surface area contributed by atoms with E-state index in [-0.39, 0.29) is 5.82 Å². The van der Waals surface area contributed by atoms with Crippen LogP contribution in [0.5, 0.6) is 0 Å². The molecule has 2 N–H and O–H groups in total. The van der Waals surface area contributed by atoms with Crippen molar-refractivity contribution < 1.29 is 4.39 Å². The molecule has 4 nitrogen and oxygen atoms in total. The normalized spacial score (nSPS) is 10.5. The second-order valence-electron chi connectivity index (χ2n) is 6.01. The molecule has 3 rings (SSSR count). The molecule has 0 atom stereocenters. The number of hydrogen-bond acceptors (Lipinski definition) is 4. The highest BCUT2D eigenvalue weighted by molar-refractivity contribution is 5.57.